The summed E-state index contributed by atoms with van der Waals surface area (Å²) in [6.45, 7) is 0.341. The van der Waals surface area contributed by atoms with Crippen LogP contribution in [0.1, 0.15) is 5.56 Å². The van der Waals surface area contributed by atoms with Crippen molar-refractivity contribution in [2.24, 2.45) is 0 Å². The lowest BCUT2D eigenvalue weighted by molar-refractivity contribution is -0.660. The van der Waals surface area contributed by atoms with Gasteiger partial charge in [0.25, 0.3) is 5.69 Å². The van der Waals surface area contributed by atoms with Crippen molar-refractivity contribution in [1.29, 1.82) is 0 Å². The molecule has 31 heavy (non-hydrogen) atoms. The van der Waals surface area contributed by atoms with Gasteiger partial charge in [0.05, 0.1) is 5.27 Å². The Morgan fingerprint density at radius 1 is 1.19 bits per heavy atom. The van der Waals surface area contributed by atoms with Gasteiger partial charge in [-0.05, 0) is 16.8 Å². The molecule has 0 radical (unpaired) electrons. The number of thiazole rings is 1. The van der Waals surface area contributed by atoms with E-state index in [-0.39, 0.29) is 11.4 Å². The molecule has 0 aliphatic rings. The monoisotopic (exact) mass is 451 g/mol. The van der Waals surface area contributed by atoms with Crippen molar-refractivity contribution >= 4 is 39.0 Å². The smallest absolute Gasteiger partial charge is 0.289 e. The summed E-state index contributed by atoms with van der Waals surface area (Å²) in [6.07, 6.45) is 1.64. The van der Waals surface area contributed by atoms with E-state index in [0.717, 1.165) is 5.39 Å². The topological polar surface area (TPSA) is 111 Å². The third kappa shape index (κ3) is 3.65. The number of pyridine rings is 1. The van der Waals surface area contributed by atoms with Crippen LogP contribution in [-0.2, 0) is 6.54 Å². The maximum Gasteiger partial charge on any atom is 0.289 e. The third-order valence-corrected chi connectivity index (χ3v) is 5.71. The molecule has 0 saturated heterocycles. The number of phenols is 1. The summed E-state index contributed by atoms with van der Waals surface area (Å²) in [5.41, 5.74) is 2.44. The Hall–Kier alpha value is -3.69. The molecule has 8 nitrogen and oxygen atoms in total. The van der Waals surface area contributed by atoms with Crippen molar-refractivity contribution in [3.8, 4) is 28.8 Å². The maximum atomic E-state index is 12.3. The molecule has 5 rings (SSSR count). The first-order chi connectivity index (χ1) is 15.1. The minimum absolute atomic E-state index is 0.127. The summed E-state index contributed by atoms with van der Waals surface area (Å²) in [5.74, 6) is -0.475. The van der Waals surface area contributed by atoms with Crippen molar-refractivity contribution in [1.82, 2.24) is 15.2 Å². The fourth-order valence-electron chi connectivity index (χ4n) is 3.19. The second-order valence-corrected chi connectivity index (χ2v) is 7.94. The van der Waals surface area contributed by atoms with Crippen molar-refractivity contribution in [3.05, 3.63) is 70.7 Å². The highest BCUT2D eigenvalue weighted by Gasteiger charge is 2.25. The minimum Gasteiger partial charge on any atom is -0.539 e. The highest BCUT2D eigenvalue weighted by molar-refractivity contribution is 7.14. The van der Waals surface area contributed by atoms with E-state index in [1.807, 2.05) is 24.3 Å². The molecule has 0 fully saturated rings. The maximum absolute atomic E-state index is 12.3. The van der Waals surface area contributed by atoms with E-state index < -0.39 is 5.95 Å². The zero-order chi connectivity index (χ0) is 21.4. The molecule has 0 atom stereocenters. The van der Waals surface area contributed by atoms with Crippen molar-refractivity contribution in [2.45, 2.75) is 6.54 Å². The van der Waals surface area contributed by atoms with Gasteiger partial charge >= 0.3 is 0 Å². The number of aromatic hydroxyl groups is 1. The Kier molecular flexibility index (Phi) is 4.89. The number of fused-ring (bicyclic) bond motifs is 1. The van der Waals surface area contributed by atoms with Crippen LogP contribution in [0.2, 0.25) is 5.02 Å². The standard InChI is InChI=1S/C21H14ClN5O3S/c22-14-4-1-5-15(9-14)27-18(20(29)30-26-27)16-11-31-21(25-16)24-10-13-7-6-12-3-2-8-23-17(12)19(13)28/h1-9,11H,10H2,(H2-,24,25,26,28,29). The van der Waals surface area contributed by atoms with Gasteiger partial charge in [0, 0.05) is 46.2 Å². The number of benzene rings is 2. The van der Waals surface area contributed by atoms with Crippen LogP contribution >= 0.6 is 22.9 Å². The molecule has 5 aromatic rings. The summed E-state index contributed by atoms with van der Waals surface area (Å²) < 4.78 is 6.23. The first-order valence-corrected chi connectivity index (χ1v) is 10.5. The molecule has 3 aromatic heterocycles. The van der Waals surface area contributed by atoms with Crippen molar-refractivity contribution in [2.75, 3.05) is 5.32 Å². The third-order valence-electron chi connectivity index (χ3n) is 4.67. The van der Waals surface area contributed by atoms with Gasteiger partial charge in [0.1, 0.15) is 11.3 Å². The second kappa shape index (κ2) is 7.86. The zero-order valence-electron chi connectivity index (χ0n) is 15.8. The molecule has 0 spiro atoms. The summed E-state index contributed by atoms with van der Waals surface area (Å²) in [7, 11) is 0. The summed E-state index contributed by atoms with van der Waals surface area (Å²) >= 11 is 7.38. The Labute approximate surface area is 185 Å². The van der Waals surface area contributed by atoms with Crippen LogP contribution < -0.4 is 15.1 Å². The lowest BCUT2D eigenvalue weighted by Gasteiger charge is -2.07. The minimum atomic E-state index is -0.602. The van der Waals surface area contributed by atoms with E-state index in [4.69, 9.17) is 16.1 Å². The Morgan fingerprint density at radius 2 is 2.10 bits per heavy atom. The molecule has 3 heterocycles. The van der Waals surface area contributed by atoms with Crippen LogP contribution in [0.5, 0.6) is 11.7 Å². The van der Waals surface area contributed by atoms with E-state index >= 15 is 0 Å². The molecule has 2 N–H and O–H groups in total. The number of hydrogen-bond donors (Lipinski definition) is 2. The van der Waals surface area contributed by atoms with E-state index in [9.17, 15) is 10.2 Å². The van der Waals surface area contributed by atoms with E-state index in [0.29, 0.717) is 39.2 Å². The van der Waals surface area contributed by atoms with Gasteiger partial charge in [0.2, 0.25) is 5.69 Å². The molecule has 0 bridgehead atoms. The highest BCUT2D eigenvalue weighted by Crippen LogP contribution is 2.30. The van der Waals surface area contributed by atoms with Gasteiger partial charge in [-0.1, -0.05) is 35.9 Å². The van der Waals surface area contributed by atoms with Gasteiger partial charge in [-0.15, -0.1) is 11.3 Å². The fraction of sp³-hybridized carbons (Fsp3) is 0.0476. The Morgan fingerprint density at radius 3 is 2.97 bits per heavy atom. The fourth-order valence-corrected chi connectivity index (χ4v) is 4.07. The lowest BCUT2D eigenvalue weighted by atomic mass is 10.1. The molecule has 0 saturated carbocycles. The van der Waals surface area contributed by atoms with E-state index in [2.05, 4.69) is 20.6 Å². The van der Waals surface area contributed by atoms with Crippen molar-refractivity contribution < 1.29 is 19.4 Å². The number of phenolic OH excluding ortho intramolecular Hbond substituents is 1. The lowest BCUT2D eigenvalue weighted by Crippen LogP contribution is -2.34. The largest absolute Gasteiger partial charge is 0.539 e. The van der Waals surface area contributed by atoms with Gasteiger partial charge in [-0.2, -0.15) is 0 Å². The number of nitrogens with zero attached hydrogens (tertiary/aromatic N) is 4. The van der Waals surface area contributed by atoms with Crippen LogP contribution in [0.15, 0.2) is 64.6 Å². The number of nitrogens with one attached hydrogen (secondary N) is 1. The molecule has 10 heteroatoms. The van der Waals surface area contributed by atoms with E-state index in [1.165, 1.54) is 16.0 Å². The number of anilines is 1. The Balaban J connectivity index is 1.41. The molecular weight excluding hydrogens is 438 g/mol. The van der Waals surface area contributed by atoms with Gasteiger partial charge in [0.15, 0.2) is 16.8 Å². The first-order valence-electron chi connectivity index (χ1n) is 9.20. The molecule has 2 aromatic carbocycles. The number of aromatic nitrogens is 4. The van der Waals surface area contributed by atoms with Crippen molar-refractivity contribution in [3.63, 3.8) is 0 Å². The highest BCUT2D eigenvalue weighted by atomic mass is 35.5. The summed E-state index contributed by atoms with van der Waals surface area (Å²) in [4.78, 5) is 8.72. The van der Waals surface area contributed by atoms with Crippen LogP contribution in [0.3, 0.4) is 0 Å². The first kappa shape index (κ1) is 19.3. The molecule has 0 aliphatic carbocycles. The van der Waals surface area contributed by atoms with Gasteiger partial charge in [-0.3, -0.25) is 4.98 Å². The molecule has 154 valence electrons. The van der Waals surface area contributed by atoms with Crippen LogP contribution in [0, 0.1) is 0 Å². The van der Waals surface area contributed by atoms with Crippen LogP contribution in [0.25, 0.3) is 28.0 Å². The van der Waals surface area contributed by atoms with Crippen LogP contribution in [-0.4, -0.2) is 20.3 Å². The SMILES string of the molecule is [O-]c1on[n+](-c2cccc(Cl)c2)c1-c1csc(NCc2ccc3cccnc3c2O)n1. The predicted octanol–water partition coefficient (Wildman–Crippen LogP) is 3.67. The molecule has 0 aliphatic heterocycles. The van der Waals surface area contributed by atoms with Crippen LogP contribution in [0.4, 0.5) is 5.13 Å². The summed E-state index contributed by atoms with van der Waals surface area (Å²) in [5, 5.41) is 33.5. The molecule has 0 amide bonds. The average Bonchev–Trinajstić information content (AvgIpc) is 3.39. The van der Waals surface area contributed by atoms with E-state index in [1.54, 1.807) is 35.8 Å². The normalized spacial score (nSPS) is 11.1. The number of hydrogen-bond acceptors (Lipinski definition) is 8. The molecular formula is C21H14ClN5O3S. The average molecular weight is 452 g/mol. The predicted molar refractivity (Wildman–Crippen MR) is 114 cm³/mol. The zero-order valence-corrected chi connectivity index (χ0v) is 17.4. The number of halogens is 1. The summed E-state index contributed by atoms with van der Waals surface area (Å²) in [6, 6.07) is 14.4. The molecule has 0 unspecified atom stereocenters. The Bertz CT molecular complexity index is 1400. The number of rotatable bonds is 5. The quantitative estimate of drug-likeness (QED) is 0.392. The van der Waals surface area contributed by atoms with Gasteiger partial charge < -0.3 is 20.1 Å². The second-order valence-electron chi connectivity index (χ2n) is 6.64. The van der Waals surface area contributed by atoms with Gasteiger partial charge in [-0.25, -0.2) is 4.98 Å².